The molecule has 1 amide bonds. The van der Waals surface area contributed by atoms with E-state index in [1.165, 1.54) is 6.20 Å². The largest absolute Gasteiger partial charge is 0.366 e. The average Bonchev–Trinajstić information content (AvgIpc) is 2.87. The molecule has 0 aliphatic carbocycles. The molecule has 3 N–H and O–H groups in total. The maximum Gasteiger partial charge on any atom is 0.264 e. The van der Waals surface area contributed by atoms with Crippen molar-refractivity contribution in [3.05, 3.63) is 109 Å². The fraction of sp³-hybridized carbons (Fsp3) is 0. The van der Waals surface area contributed by atoms with E-state index in [-0.39, 0.29) is 5.69 Å². The summed E-state index contributed by atoms with van der Waals surface area (Å²) >= 11 is 0. The molecule has 0 fully saturated rings. The van der Waals surface area contributed by atoms with Crippen LogP contribution in [0, 0.1) is 11.6 Å². The average molecular weight is 517 g/mol. The molecule has 0 bridgehead atoms. The molecule has 0 saturated heterocycles. The van der Waals surface area contributed by atoms with Gasteiger partial charge in [-0.25, -0.2) is 17.2 Å². The SMILES string of the molecule is NC(=O)c1ccc(-c2ccnc3ccc(-c4cncc(NS(=O)(=O)c5ccc(F)cc5F)c4)cc23)cc1. The summed E-state index contributed by atoms with van der Waals surface area (Å²) in [7, 11) is -4.32. The summed E-state index contributed by atoms with van der Waals surface area (Å²) in [6.07, 6.45) is 4.54. The second-order valence-electron chi connectivity index (χ2n) is 8.17. The van der Waals surface area contributed by atoms with Gasteiger partial charge >= 0.3 is 0 Å². The number of carbonyl (C=O) groups excluding carboxylic acids is 1. The number of hydrogen-bond acceptors (Lipinski definition) is 5. The number of halogens is 2. The quantitative estimate of drug-likeness (QED) is 0.324. The molecule has 2 aromatic heterocycles. The van der Waals surface area contributed by atoms with Crippen LogP contribution in [0.2, 0.25) is 0 Å². The van der Waals surface area contributed by atoms with Gasteiger partial charge in [0.2, 0.25) is 5.91 Å². The second-order valence-corrected chi connectivity index (χ2v) is 9.83. The molecule has 0 aliphatic heterocycles. The molecule has 0 spiro atoms. The molecule has 10 heteroatoms. The maximum atomic E-state index is 14.1. The summed E-state index contributed by atoms with van der Waals surface area (Å²) in [6.45, 7) is 0. The van der Waals surface area contributed by atoms with Crippen molar-refractivity contribution in [2.75, 3.05) is 4.72 Å². The Morgan fingerprint density at radius 3 is 2.32 bits per heavy atom. The van der Waals surface area contributed by atoms with E-state index in [2.05, 4.69) is 14.7 Å². The first-order valence-corrected chi connectivity index (χ1v) is 12.4. The molecule has 5 rings (SSSR count). The van der Waals surface area contributed by atoms with E-state index in [0.717, 1.165) is 39.7 Å². The monoisotopic (exact) mass is 516 g/mol. The van der Waals surface area contributed by atoms with Crippen molar-refractivity contribution in [2.24, 2.45) is 5.73 Å². The van der Waals surface area contributed by atoms with Crippen LogP contribution in [-0.4, -0.2) is 24.3 Å². The highest BCUT2D eigenvalue weighted by molar-refractivity contribution is 7.92. The number of rotatable bonds is 6. The van der Waals surface area contributed by atoms with Crippen LogP contribution in [0.5, 0.6) is 0 Å². The molecule has 0 saturated carbocycles. The molecular formula is C27H18F2N4O3S. The van der Waals surface area contributed by atoms with Crippen LogP contribution in [0.3, 0.4) is 0 Å². The second kappa shape index (κ2) is 9.40. The highest BCUT2D eigenvalue weighted by atomic mass is 32.2. The van der Waals surface area contributed by atoms with Crippen molar-refractivity contribution in [3.63, 3.8) is 0 Å². The molecule has 7 nitrogen and oxygen atoms in total. The topological polar surface area (TPSA) is 115 Å². The molecule has 184 valence electrons. The van der Waals surface area contributed by atoms with Gasteiger partial charge in [-0.15, -0.1) is 0 Å². The minimum absolute atomic E-state index is 0.106. The summed E-state index contributed by atoms with van der Waals surface area (Å²) < 4.78 is 55.0. The predicted octanol–water partition coefficient (Wildman–Crippen LogP) is 5.14. The van der Waals surface area contributed by atoms with Crippen molar-refractivity contribution in [1.82, 2.24) is 9.97 Å². The molecular weight excluding hydrogens is 498 g/mol. The van der Waals surface area contributed by atoms with Crippen molar-refractivity contribution in [2.45, 2.75) is 4.90 Å². The lowest BCUT2D eigenvalue weighted by molar-refractivity contribution is 0.100. The van der Waals surface area contributed by atoms with E-state index in [1.807, 2.05) is 24.3 Å². The Hall–Kier alpha value is -4.70. The Kier molecular flexibility index (Phi) is 6.10. The maximum absolute atomic E-state index is 14.1. The van der Waals surface area contributed by atoms with Crippen LogP contribution in [0.1, 0.15) is 10.4 Å². The van der Waals surface area contributed by atoms with Gasteiger partial charge in [0.1, 0.15) is 16.5 Å². The van der Waals surface area contributed by atoms with Crippen LogP contribution < -0.4 is 10.5 Å². The van der Waals surface area contributed by atoms with Gasteiger partial charge in [-0.3, -0.25) is 19.5 Å². The van der Waals surface area contributed by atoms with Gasteiger partial charge in [-0.2, -0.15) is 0 Å². The fourth-order valence-corrected chi connectivity index (χ4v) is 5.04. The lowest BCUT2D eigenvalue weighted by Gasteiger charge is -2.11. The number of hydrogen-bond donors (Lipinski definition) is 2. The molecule has 0 radical (unpaired) electrons. The zero-order valence-electron chi connectivity index (χ0n) is 19.0. The zero-order chi connectivity index (χ0) is 26.2. The fourth-order valence-electron chi connectivity index (χ4n) is 3.95. The Morgan fingerprint density at radius 1 is 0.838 bits per heavy atom. The van der Waals surface area contributed by atoms with Crippen LogP contribution >= 0.6 is 0 Å². The van der Waals surface area contributed by atoms with Gasteiger partial charge in [-0.1, -0.05) is 18.2 Å². The summed E-state index contributed by atoms with van der Waals surface area (Å²) in [5.74, 6) is -2.59. The molecule has 0 unspecified atom stereocenters. The third-order valence-electron chi connectivity index (χ3n) is 5.73. The Morgan fingerprint density at radius 2 is 1.59 bits per heavy atom. The highest BCUT2D eigenvalue weighted by Crippen LogP contribution is 2.32. The number of pyridine rings is 2. The molecule has 0 aliphatic rings. The number of nitrogens with two attached hydrogens (primary N) is 1. The van der Waals surface area contributed by atoms with Crippen molar-refractivity contribution >= 4 is 32.5 Å². The lowest BCUT2D eigenvalue weighted by atomic mass is 9.97. The van der Waals surface area contributed by atoms with E-state index in [1.54, 1.807) is 42.7 Å². The van der Waals surface area contributed by atoms with E-state index < -0.39 is 32.5 Å². The van der Waals surface area contributed by atoms with Gasteiger partial charge in [0, 0.05) is 35.0 Å². The minimum Gasteiger partial charge on any atom is -0.366 e. The molecule has 5 aromatic rings. The zero-order valence-corrected chi connectivity index (χ0v) is 19.8. The van der Waals surface area contributed by atoms with Gasteiger partial charge in [0.25, 0.3) is 10.0 Å². The molecule has 3 aromatic carbocycles. The highest BCUT2D eigenvalue weighted by Gasteiger charge is 2.20. The summed E-state index contributed by atoms with van der Waals surface area (Å²) in [5.41, 5.74) is 9.64. The number of nitrogens with one attached hydrogen (secondary N) is 1. The van der Waals surface area contributed by atoms with Gasteiger partial charge in [0.15, 0.2) is 0 Å². The summed E-state index contributed by atoms with van der Waals surface area (Å²) in [6, 6.07) is 18.1. The number of anilines is 1. The third kappa shape index (κ3) is 4.87. The first-order chi connectivity index (χ1) is 17.7. The smallest absolute Gasteiger partial charge is 0.264 e. The van der Waals surface area contributed by atoms with Crippen LogP contribution in [0.25, 0.3) is 33.2 Å². The number of aromatic nitrogens is 2. The first kappa shape index (κ1) is 24.0. The minimum atomic E-state index is -4.32. The van der Waals surface area contributed by atoms with E-state index in [4.69, 9.17) is 5.73 Å². The van der Waals surface area contributed by atoms with E-state index in [9.17, 15) is 22.0 Å². The third-order valence-corrected chi connectivity index (χ3v) is 7.14. The van der Waals surface area contributed by atoms with Crippen molar-refractivity contribution < 1.29 is 22.0 Å². The Labute approximate surface area is 210 Å². The summed E-state index contributed by atoms with van der Waals surface area (Å²) in [4.78, 5) is 19.3. The standard InChI is InChI=1S/C27H18F2N4O3S/c28-20-6-8-26(24(29)13-20)37(35,36)33-21-11-19(14-31-15-21)18-5-7-25-23(12-18)22(9-10-32-25)16-1-3-17(4-2-16)27(30)34/h1-15,33H,(H2,30,34). The van der Waals surface area contributed by atoms with Crippen LogP contribution in [0.4, 0.5) is 14.5 Å². The summed E-state index contributed by atoms with van der Waals surface area (Å²) in [5, 5.41) is 0.825. The van der Waals surface area contributed by atoms with Gasteiger partial charge < -0.3 is 5.73 Å². The van der Waals surface area contributed by atoms with E-state index >= 15 is 0 Å². The lowest BCUT2D eigenvalue weighted by Crippen LogP contribution is -2.15. The molecule has 2 heterocycles. The predicted molar refractivity (Wildman–Crippen MR) is 136 cm³/mol. The normalized spacial score (nSPS) is 11.4. The van der Waals surface area contributed by atoms with Crippen LogP contribution in [0.15, 0.2) is 96.3 Å². The number of nitrogens with zero attached hydrogens (tertiary/aromatic N) is 2. The Bertz CT molecular complexity index is 1780. The van der Waals surface area contributed by atoms with Gasteiger partial charge in [0.05, 0.1) is 17.4 Å². The van der Waals surface area contributed by atoms with E-state index in [0.29, 0.717) is 17.2 Å². The Balaban J connectivity index is 1.51. The number of fused-ring (bicyclic) bond motifs is 1. The van der Waals surface area contributed by atoms with Gasteiger partial charge in [-0.05, 0) is 65.2 Å². The molecule has 0 atom stereocenters. The number of sulfonamides is 1. The first-order valence-electron chi connectivity index (χ1n) is 10.9. The number of amides is 1. The van der Waals surface area contributed by atoms with Crippen LogP contribution in [-0.2, 0) is 10.0 Å². The number of benzene rings is 3. The number of primary amides is 1. The van der Waals surface area contributed by atoms with Crippen molar-refractivity contribution in [1.29, 1.82) is 0 Å². The molecule has 37 heavy (non-hydrogen) atoms. The van der Waals surface area contributed by atoms with Crippen molar-refractivity contribution in [3.8, 4) is 22.3 Å². The number of carbonyl (C=O) groups is 1.